The summed E-state index contributed by atoms with van der Waals surface area (Å²) < 4.78 is 5.03. The first-order valence-corrected chi connectivity index (χ1v) is 8.85. The van der Waals surface area contributed by atoms with Gasteiger partial charge < -0.3 is 14.3 Å². The van der Waals surface area contributed by atoms with Crippen LogP contribution in [0.25, 0.3) is 0 Å². The lowest BCUT2D eigenvalue weighted by Gasteiger charge is -2.33. The Bertz CT molecular complexity index is 806. The molecule has 2 atom stereocenters. The summed E-state index contributed by atoms with van der Waals surface area (Å²) in [5.74, 6) is 1.04. The molecule has 0 spiro atoms. The van der Waals surface area contributed by atoms with Crippen LogP contribution in [0.4, 0.5) is 0 Å². The summed E-state index contributed by atoms with van der Waals surface area (Å²) in [7, 11) is 0. The first-order valence-electron chi connectivity index (χ1n) is 8.85. The molecule has 0 saturated carbocycles. The average molecular weight is 355 g/mol. The van der Waals surface area contributed by atoms with Gasteiger partial charge in [-0.1, -0.05) is 11.2 Å². The first kappa shape index (κ1) is 16.7. The Kier molecular flexibility index (Phi) is 4.40. The minimum absolute atomic E-state index is 0.0605. The van der Waals surface area contributed by atoms with Crippen LogP contribution in [0.15, 0.2) is 29.0 Å². The summed E-state index contributed by atoms with van der Waals surface area (Å²) in [5.41, 5.74) is 1.02. The van der Waals surface area contributed by atoms with Crippen molar-refractivity contribution in [3.8, 4) is 0 Å². The number of rotatable bonds is 4. The highest BCUT2D eigenvalue weighted by atomic mass is 16.5. The van der Waals surface area contributed by atoms with Gasteiger partial charge in [0.2, 0.25) is 17.7 Å². The van der Waals surface area contributed by atoms with E-state index in [1.807, 2.05) is 17.0 Å². The lowest BCUT2D eigenvalue weighted by Crippen LogP contribution is -2.44. The fraction of sp³-hybridized carbons (Fsp3) is 0.500. The van der Waals surface area contributed by atoms with Crippen LogP contribution in [-0.4, -0.2) is 56.4 Å². The Morgan fingerprint density at radius 3 is 3.00 bits per heavy atom. The van der Waals surface area contributed by atoms with Gasteiger partial charge in [-0.2, -0.15) is 4.98 Å². The summed E-state index contributed by atoms with van der Waals surface area (Å²) in [4.78, 5) is 37.2. The number of fused-ring (bicyclic) bond motifs is 1. The summed E-state index contributed by atoms with van der Waals surface area (Å²) >= 11 is 0. The van der Waals surface area contributed by atoms with Crippen molar-refractivity contribution in [2.45, 2.75) is 26.3 Å². The van der Waals surface area contributed by atoms with Crippen molar-refractivity contribution in [3.63, 3.8) is 0 Å². The van der Waals surface area contributed by atoms with E-state index in [1.165, 1.54) is 0 Å². The first-order chi connectivity index (χ1) is 12.6. The normalized spacial score (nSPS) is 22.6. The van der Waals surface area contributed by atoms with Crippen molar-refractivity contribution in [3.05, 3.63) is 41.8 Å². The lowest BCUT2D eigenvalue weighted by molar-refractivity contribution is -0.140. The third-order valence-electron chi connectivity index (χ3n) is 5.16. The van der Waals surface area contributed by atoms with E-state index in [4.69, 9.17) is 4.52 Å². The molecule has 0 bridgehead atoms. The van der Waals surface area contributed by atoms with Gasteiger partial charge in [-0.05, 0) is 30.9 Å². The molecular weight excluding hydrogens is 334 g/mol. The third-order valence-corrected chi connectivity index (χ3v) is 5.16. The Hall–Kier alpha value is -2.77. The van der Waals surface area contributed by atoms with Crippen LogP contribution in [0.3, 0.4) is 0 Å². The molecule has 0 unspecified atom stereocenters. The van der Waals surface area contributed by atoms with Gasteiger partial charge in [0.05, 0.1) is 5.92 Å². The summed E-state index contributed by atoms with van der Waals surface area (Å²) in [6.45, 7) is 4.12. The van der Waals surface area contributed by atoms with E-state index in [1.54, 1.807) is 24.2 Å². The van der Waals surface area contributed by atoms with E-state index >= 15 is 0 Å². The maximum absolute atomic E-state index is 12.9. The molecule has 4 rings (SSSR count). The Balaban J connectivity index is 1.38. The van der Waals surface area contributed by atoms with E-state index in [2.05, 4.69) is 15.1 Å². The van der Waals surface area contributed by atoms with Crippen LogP contribution >= 0.6 is 0 Å². The van der Waals surface area contributed by atoms with Gasteiger partial charge in [-0.3, -0.25) is 14.6 Å². The molecule has 136 valence electrons. The molecule has 8 heteroatoms. The van der Waals surface area contributed by atoms with Crippen molar-refractivity contribution in [1.82, 2.24) is 24.9 Å². The smallest absolute Gasteiger partial charge is 0.236 e. The van der Waals surface area contributed by atoms with Crippen LogP contribution in [0.1, 0.15) is 23.7 Å². The molecule has 2 aromatic heterocycles. The van der Waals surface area contributed by atoms with E-state index in [9.17, 15) is 9.59 Å². The Labute approximate surface area is 151 Å². The van der Waals surface area contributed by atoms with Crippen molar-refractivity contribution < 1.29 is 14.1 Å². The zero-order valence-corrected chi connectivity index (χ0v) is 14.7. The second-order valence-corrected chi connectivity index (χ2v) is 6.99. The summed E-state index contributed by atoms with van der Waals surface area (Å²) in [6.07, 6.45) is 4.52. The van der Waals surface area contributed by atoms with Crippen LogP contribution in [0, 0.1) is 18.8 Å². The number of aromatic nitrogens is 3. The number of aryl methyl sites for hydroxylation is 1. The van der Waals surface area contributed by atoms with Gasteiger partial charge in [0, 0.05) is 38.6 Å². The highest BCUT2D eigenvalue weighted by Gasteiger charge is 2.44. The molecule has 2 aliphatic heterocycles. The molecule has 26 heavy (non-hydrogen) atoms. The number of likely N-dealkylation sites (tertiary alicyclic amines) is 2. The van der Waals surface area contributed by atoms with Crippen molar-refractivity contribution in [1.29, 1.82) is 0 Å². The molecule has 2 aromatic rings. The number of carbonyl (C=O) groups excluding carboxylic acids is 2. The maximum Gasteiger partial charge on any atom is 0.236 e. The second-order valence-electron chi connectivity index (χ2n) is 6.99. The van der Waals surface area contributed by atoms with Crippen LogP contribution < -0.4 is 0 Å². The molecule has 8 nitrogen and oxygen atoms in total. The molecule has 2 aliphatic rings. The molecule has 2 amide bonds. The molecule has 2 fully saturated rings. The maximum atomic E-state index is 12.9. The van der Waals surface area contributed by atoms with Gasteiger partial charge in [-0.25, -0.2) is 0 Å². The molecule has 0 aliphatic carbocycles. The van der Waals surface area contributed by atoms with Gasteiger partial charge >= 0.3 is 0 Å². The topological polar surface area (TPSA) is 92.4 Å². The minimum atomic E-state index is -0.117. The van der Waals surface area contributed by atoms with Crippen molar-refractivity contribution >= 4 is 11.8 Å². The van der Waals surface area contributed by atoms with Crippen molar-refractivity contribution in [2.75, 3.05) is 19.6 Å². The highest BCUT2D eigenvalue weighted by molar-refractivity contribution is 5.83. The zero-order valence-electron chi connectivity index (χ0n) is 14.7. The number of piperidine rings is 1. The van der Waals surface area contributed by atoms with Crippen molar-refractivity contribution in [2.24, 2.45) is 11.8 Å². The fourth-order valence-electron chi connectivity index (χ4n) is 3.84. The van der Waals surface area contributed by atoms with Gasteiger partial charge in [0.1, 0.15) is 6.42 Å². The summed E-state index contributed by atoms with van der Waals surface area (Å²) in [5, 5.41) is 3.71. The molecule has 0 aromatic carbocycles. The number of amides is 2. The number of nitrogens with zero attached hydrogens (tertiary/aromatic N) is 5. The van der Waals surface area contributed by atoms with E-state index in [-0.39, 0.29) is 30.1 Å². The predicted octanol–water partition coefficient (Wildman–Crippen LogP) is 0.823. The van der Waals surface area contributed by atoms with Crippen LogP contribution in [0.5, 0.6) is 0 Å². The van der Waals surface area contributed by atoms with Crippen LogP contribution in [0.2, 0.25) is 0 Å². The zero-order chi connectivity index (χ0) is 18.1. The number of hydrogen-bond donors (Lipinski definition) is 0. The SMILES string of the molecule is Cc1noc(CC(=O)N2C[C@@H]3CCN(Cc4cccnc4)C(=O)[C@H]3C2)n1. The Morgan fingerprint density at radius 2 is 2.27 bits per heavy atom. The monoisotopic (exact) mass is 355 g/mol. The third kappa shape index (κ3) is 3.31. The number of hydrogen-bond acceptors (Lipinski definition) is 6. The van der Waals surface area contributed by atoms with Gasteiger partial charge in [-0.15, -0.1) is 0 Å². The highest BCUT2D eigenvalue weighted by Crippen LogP contribution is 2.33. The standard InChI is InChI=1S/C18H21N5O3/c1-12-20-16(26-21-12)7-17(24)23-10-14-4-6-22(18(25)15(14)11-23)9-13-3-2-5-19-8-13/h2-3,5,8,14-15H,4,6-7,9-11H2,1H3/t14-,15-/m0/s1. The fourth-order valence-corrected chi connectivity index (χ4v) is 3.84. The van der Waals surface area contributed by atoms with E-state index < -0.39 is 0 Å². The minimum Gasteiger partial charge on any atom is -0.341 e. The van der Waals surface area contributed by atoms with Gasteiger partial charge in [0.25, 0.3) is 0 Å². The molecular formula is C18H21N5O3. The number of pyridine rings is 1. The lowest BCUT2D eigenvalue weighted by atomic mass is 9.88. The second kappa shape index (κ2) is 6.86. The summed E-state index contributed by atoms with van der Waals surface area (Å²) in [6, 6.07) is 3.85. The molecule has 2 saturated heterocycles. The quantitative estimate of drug-likeness (QED) is 0.806. The molecule has 4 heterocycles. The average Bonchev–Trinajstić information content (AvgIpc) is 3.25. The largest absolute Gasteiger partial charge is 0.341 e. The predicted molar refractivity (Wildman–Crippen MR) is 90.6 cm³/mol. The van der Waals surface area contributed by atoms with E-state index in [0.717, 1.165) is 18.5 Å². The van der Waals surface area contributed by atoms with Gasteiger partial charge in [0.15, 0.2) is 5.82 Å². The molecule has 0 radical (unpaired) electrons. The Morgan fingerprint density at radius 1 is 1.38 bits per heavy atom. The van der Waals surface area contributed by atoms with Crippen LogP contribution in [-0.2, 0) is 22.6 Å². The molecule has 0 N–H and O–H groups in total. The number of carbonyl (C=O) groups is 2. The van der Waals surface area contributed by atoms with E-state index in [0.29, 0.717) is 31.3 Å².